The van der Waals surface area contributed by atoms with Crippen molar-refractivity contribution in [3.05, 3.63) is 59.7 Å². The van der Waals surface area contributed by atoms with E-state index in [9.17, 15) is 4.79 Å². The summed E-state index contributed by atoms with van der Waals surface area (Å²) < 4.78 is 0. The van der Waals surface area contributed by atoms with Crippen molar-refractivity contribution in [2.45, 2.75) is 6.92 Å². The molecule has 2 aromatic carbocycles. The molecule has 0 unspecified atom stereocenters. The molecule has 0 atom stereocenters. The van der Waals surface area contributed by atoms with Crippen LogP contribution in [0.1, 0.15) is 15.9 Å². The van der Waals surface area contributed by atoms with Gasteiger partial charge in [-0.15, -0.1) is 0 Å². The lowest BCUT2D eigenvalue weighted by Gasteiger charge is -2.19. The van der Waals surface area contributed by atoms with Crippen LogP contribution in [0.15, 0.2) is 48.5 Å². The molecule has 0 aromatic heterocycles. The molecule has 0 spiro atoms. The summed E-state index contributed by atoms with van der Waals surface area (Å²) in [5.74, 6) is -0.0611. The van der Waals surface area contributed by atoms with Crippen molar-refractivity contribution in [3.8, 4) is 0 Å². The van der Waals surface area contributed by atoms with E-state index in [1.165, 1.54) is 0 Å². The number of amides is 1. The Labute approximate surface area is 125 Å². The zero-order valence-corrected chi connectivity index (χ0v) is 12.5. The average Bonchev–Trinajstić information content (AvgIpc) is 2.47. The van der Waals surface area contributed by atoms with E-state index >= 15 is 0 Å². The van der Waals surface area contributed by atoms with Crippen molar-refractivity contribution >= 4 is 17.3 Å². The Bertz CT molecular complexity index is 611. The first-order chi connectivity index (χ1) is 10.1. The maximum Gasteiger partial charge on any atom is 0.251 e. The monoisotopic (exact) mass is 283 g/mol. The molecular formula is C17H21N3O. The number of anilines is 2. The maximum atomic E-state index is 12.1. The zero-order valence-electron chi connectivity index (χ0n) is 12.5. The van der Waals surface area contributed by atoms with Gasteiger partial charge >= 0.3 is 0 Å². The Morgan fingerprint density at radius 1 is 1.19 bits per heavy atom. The predicted octanol–water partition coefficient (Wildman–Crippen LogP) is 2.44. The SMILES string of the molecule is Cc1cc(N)ccc1C(=O)NCCN(C)c1ccccc1. The lowest BCUT2D eigenvalue weighted by Crippen LogP contribution is -2.33. The minimum absolute atomic E-state index is 0.0611. The molecule has 0 radical (unpaired) electrons. The largest absolute Gasteiger partial charge is 0.399 e. The smallest absolute Gasteiger partial charge is 0.251 e. The lowest BCUT2D eigenvalue weighted by atomic mass is 10.1. The highest BCUT2D eigenvalue weighted by molar-refractivity contribution is 5.96. The van der Waals surface area contributed by atoms with Crippen LogP contribution >= 0.6 is 0 Å². The number of aryl methyl sites for hydroxylation is 1. The number of carbonyl (C=O) groups excluding carboxylic acids is 1. The van der Waals surface area contributed by atoms with Crippen LogP contribution in [-0.2, 0) is 0 Å². The molecule has 0 aliphatic heterocycles. The molecule has 0 heterocycles. The van der Waals surface area contributed by atoms with Crippen LogP contribution in [-0.4, -0.2) is 26.0 Å². The van der Waals surface area contributed by atoms with Crippen molar-refractivity contribution in [1.29, 1.82) is 0 Å². The second-order valence-electron chi connectivity index (χ2n) is 5.09. The summed E-state index contributed by atoms with van der Waals surface area (Å²) in [5.41, 5.74) is 9.07. The first-order valence-corrected chi connectivity index (χ1v) is 6.98. The van der Waals surface area contributed by atoms with Gasteiger partial charge in [0.05, 0.1) is 0 Å². The molecule has 0 aliphatic rings. The Kier molecular flexibility index (Phi) is 4.82. The Morgan fingerprint density at radius 2 is 1.90 bits per heavy atom. The minimum Gasteiger partial charge on any atom is -0.399 e. The molecule has 4 nitrogen and oxygen atoms in total. The highest BCUT2D eigenvalue weighted by Crippen LogP contribution is 2.12. The summed E-state index contributed by atoms with van der Waals surface area (Å²) in [6.45, 7) is 3.24. The van der Waals surface area contributed by atoms with Crippen LogP contribution in [0.25, 0.3) is 0 Å². The molecule has 0 saturated heterocycles. The van der Waals surface area contributed by atoms with E-state index in [1.807, 2.05) is 50.4 Å². The van der Waals surface area contributed by atoms with Crippen LogP contribution in [0, 0.1) is 6.92 Å². The molecule has 3 N–H and O–H groups in total. The summed E-state index contributed by atoms with van der Waals surface area (Å²) in [4.78, 5) is 14.2. The highest BCUT2D eigenvalue weighted by atomic mass is 16.1. The summed E-state index contributed by atoms with van der Waals surface area (Å²) in [5, 5.41) is 2.94. The number of nitrogens with one attached hydrogen (secondary N) is 1. The number of likely N-dealkylation sites (N-methyl/N-ethyl adjacent to an activating group) is 1. The third-order valence-corrected chi connectivity index (χ3v) is 3.42. The first kappa shape index (κ1) is 14.9. The molecule has 0 fully saturated rings. The number of nitrogen functional groups attached to an aromatic ring is 1. The third-order valence-electron chi connectivity index (χ3n) is 3.42. The summed E-state index contributed by atoms with van der Waals surface area (Å²) in [6, 6.07) is 15.4. The number of carbonyl (C=O) groups is 1. The van der Waals surface area contributed by atoms with Crippen LogP contribution in [0.3, 0.4) is 0 Å². The molecule has 1 amide bonds. The van der Waals surface area contributed by atoms with Crippen molar-refractivity contribution in [3.63, 3.8) is 0 Å². The fourth-order valence-electron chi connectivity index (χ4n) is 2.19. The van der Waals surface area contributed by atoms with E-state index in [0.717, 1.165) is 17.8 Å². The number of hydrogen-bond acceptors (Lipinski definition) is 3. The lowest BCUT2D eigenvalue weighted by molar-refractivity contribution is 0.0954. The molecule has 4 heteroatoms. The highest BCUT2D eigenvalue weighted by Gasteiger charge is 2.08. The Hall–Kier alpha value is -2.49. The quantitative estimate of drug-likeness (QED) is 0.829. The second-order valence-corrected chi connectivity index (χ2v) is 5.09. The number of nitrogens with two attached hydrogens (primary N) is 1. The van der Waals surface area contributed by atoms with E-state index in [0.29, 0.717) is 17.8 Å². The molecular weight excluding hydrogens is 262 g/mol. The van der Waals surface area contributed by atoms with Crippen LogP contribution in [0.4, 0.5) is 11.4 Å². The molecule has 110 valence electrons. The molecule has 0 bridgehead atoms. The molecule has 2 rings (SSSR count). The average molecular weight is 283 g/mol. The van der Waals surface area contributed by atoms with Gasteiger partial charge in [-0.25, -0.2) is 0 Å². The fraction of sp³-hybridized carbons (Fsp3) is 0.235. The van der Waals surface area contributed by atoms with Crippen LogP contribution in [0.5, 0.6) is 0 Å². The predicted molar refractivity (Wildman–Crippen MR) is 87.6 cm³/mol. The number of rotatable bonds is 5. The van der Waals surface area contributed by atoms with Gasteiger partial charge in [0.25, 0.3) is 5.91 Å². The summed E-state index contributed by atoms with van der Waals surface area (Å²) in [6.07, 6.45) is 0. The van der Waals surface area contributed by atoms with Gasteiger partial charge in [-0.1, -0.05) is 18.2 Å². The van der Waals surface area contributed by atoms with E-state index in [4.69, 9.17) is 5.73 Å². The summed E-state index contributed by atoms with van der Waals surface area (Å²) in [7, 11) is 2.01. The number of benzene rings is 2. The van der Waals surface area contributed by atoms with Gasteiger partial charge in [0.15, 0.2) is 0 Å². The van der Waals surface area contributed by atoms with Gasteiger partial charge in [0.2, 0.25) is 0 Å². The van der Waals surface area contributed by atoms with Gasteiger partial charge in [0.1, 0.15) is 0 Å². The van der Waals surface area contributed by atoms with Gasteiger partial charge in [-0.3, -0.25) is 4.79 Å². The molecule has 0 saturated carbocycles. The van der Waals surface area contributed by atoms with E-state index < -0.39 is 0 Å². The minimum atomic E-state index is -0.0611. The third kappa shape index (κ3) is 3.99. The van der Waals surface area contributed by atoms with E-state index in [2.05, 4.69) is 10.2 Å². The summed E-state index contributed by atoms with van der Waals surface area (Å²) >= 11 is 0. The number of nitrogens with zero attached hydrogens (tertiary/aromatic N) is 1. The van der Waals surface area contributed by atoms with Crippen molar-refractivity contribution in [2.24, 2.45) is 0 Å². The maximum absolute atomic E-state index is 12.1. The first-order valence-electron chi connectivity index (χ1n) is 6.98. The van der Waals surface area contributed by atoms with Crippen LogP contribution < -0.4 is 16.0 Å². The van der Waals surface area contributed by atoms with E-state index in [1.54, 1.807) is 12.1 Å². The van der Waals surface area contributed by atoms with Gasteiger partial charge in [0, 0.05) is 37.1 Å². The van der Waals surface area contributed by atoms with Gasteiger partial charge in [-0.05, 0) is 42.8 Å². The Balaban J connectivity index is 1.87. The van der Waals surface area contributed by atoms with Crippen molar-refractivity contribution in [2.75, 3.05) is 30.8 Å². The van der Waals surface area contributed by atoms with Crippen LogP contribution in [0.2, 0.25) is 0 Å². The molecule has 21 heavy (non-hydrogen) atoms. The van der Waals surface area contributed by atoms with Crippen molar-refractivity contribution < 1.29 is 4.79 Å². The van der Waals surface area contributed by atoms with Crippen molar-refractivity contribution in [1.82, 2.24) is 5.32 Å². The van der Waals surface area contributed by atoms with Gasteiger partial charge < -0.3 is 16.0 Å². The normalized spacial score (nSPS) is 10.2. The second kappa shape index (κ2) is 6.79. The molecule has 2 aromatic rings. The number of hydrogen-bond donors (Lipinski definition) is 2. The molecule has 0 aliphatic carbocycles. The zero-order chi connectivity index (χ0) is 15.2. The number of para-hydroxylation sites is 1. The van der Waals surface area contributed by atoms with E-state index in [-0.39, 0.29) is 5.91 Å². The van der Waals surface area contributed by atoms with Gasteiger partial charge in [-0.2, -0.15) is 0 Å². The standard InChI is InChI=1S/C17H21N3O/c1-13-12-14(18)8-9-16(13)17(21)19-10-11-20(2)15-6-4-3-5-7-15/h3-9,12H,10-11,18H2,1-2H3,(H,19,21). The Morgan fingerprint density at radius 3 is 2.57 bits per heavy atom. The topological polar surface area (TPSA) is 58.4 Å². The fourth-order valence-corrected chi connectivity index (χ4v) is 2.19.